The molecule has 0 spiro atoms. The Morgan fingerprint density at radius 3 is 2.52 bits per heavy atom. The highest BCUT2D eigenvalue weighted by Gasteiger charge is 2.40. The number of fused-ring (bicyclic) bond motifs is 2. The molecular weight excluding hydrogens is 398 g/mol. The molecule has 1 fully saturated rings. The van der Waals surface area contributed by atoms with Crippen molar-refractivity contribution in [3.63, 3.8) is 0 Å². The number of rotatable bonds is 4. The van der Waals surface area contributed by atoms with E-state index in [1.54, 1.807) is 6.92 Å². The van der Waals surface area contributed by atoms with Crippen LogP contribution in [-0.2, 0) is 4.79 Å². The van der Waals surface area contributed by atoms with E-state index in [1.165, 1.54) is 41.2 Å². The molecule has 158 valence electrons. The van der Waals surface area contributed by atoms with Crippen LogP contribution in [0.5, 0.6) is 0 Å². The number of nitrogens with zero attached hydrogens (tertiary/aromatic N) is 1. The molecule has 0 saturated heterocycles. The molecule has 4 atom stereocenters. The molecule has 1 aliphatic carbocycles. The summed E-state index contributed by atoms with van der Waals surface area (Å²) in [5.41, 5.74) is 2.58. The highest BCUT2D eigenvalue weighted by atomic mass is 32.2. The van der Waals surface area contributed by atoms with Gasteiger partial charge in [-0.3, -0.25) is 9.69 Å². The summed E-state index contributed by atoms with van der Waals surface area (Å²) in [6, 6.07) is 25.7. The van der Waals surface area contributed by atoms with Crippen LogP contribution in [0.4, 0.5) is 0 Å². The third-order valence-corrected chi connectivity index (χ3v) is 8.44. The largest absolute Gasteiger partial charge is 0.300 e. The number of amides is 1. The van der Waals surface area contributed by atoms with Crippen LogP contribution >= 0.6 is 11.8 Å². The Morgan fingerprint density at radius 2 is 1.71 bits per heavy atom. The molecule has 3 aromatic rings. The average Bonchev–Trinajstić information content (AvgIpc) is 3.27. The smallest absolute Gasteiger partial charge is 0.224 e. The van der Waals surface area contributed by atoms with Crippen molar-refractivity contribution in [3.05, 3.63) is 95.0 Å². The molecule has 5 rings (SSSR count). The highest BCUT2D eigenvalue weighted by Crippen LogP contribution is 2.52. The molecule has 1 amide bonds. The lowest BCUT2D eigenvalue weighted by molar-refractivity contribution is -0.128. The predicted octanol–water partition coefficient (Wildman–Crippen LogP) is 7.29. The zero-order valence-corrected chi connectivity index (χ0v) is 19.0. The molecule has 0 aromatic heterocycles. The molecule has 1 aliphatic heterocycles. The summed E-state index contributed by atoms with van der Waals surface area (Å²) >= 11 is 1.93. The van der Waals surface area contributed by atoms with Gasteiger partial charge < -0.3 is 0 Å². The maximum Gasteiger partial charge on any atom is 0.224 e. The van der Waals surface area contributed by atoms with Gasteiger partial charge in [-0.25, -0.2) is 0 Å². The van der Waals surface area contributed by atoms with Gasteiger partial charge in [0.1, 0.15) is 0 Å². The lowest BCUT2D eigenvalue weighted by Crippen LogP contribution is -2.34. The minimum Gasteiger partial charge on any atom is -0.300 e. The summed E-state index contributed by atoms with van der Waals surface area (Å²) in [5.74, 6) is 1.16. The average molecular weight is 428 g/mol. The van der Waals surface area contributed by atoms with Gasteiger partial charge in [0.25, 0.3) is 0 Å². The zero-order valence-electron chi connectivity index (χ0n) is 18.2. The molecule has 0 bridgehead atoms. The molecule has 0 N–H and O–H groups in total. The van der Waals surface area contributed by atoms with Gasteiger partial charge >= 0.3 is 0 Å². The first-order chi connectivity index (χ1) is 15.1. The number of hydrogen-bond acceptors (Lipinski definition) is 2. The number of benzene rings is 3. The van der Waals surface area contributed by atoms with Gasteiger partial charge in [-0.05, 0) is 53.7 Å². The van der Waals surface area contributed by atoms with Gasteiger partial charge in [0.05, 0.1) is 11.1 Å². The first-order valence-electron chi connectivity index (χ1n) is 11.3. The van der Waals surface area contributed by atoms with Crippen LogP contribution in [0, 0.1) is 5.92 Å². The van der Waals surface area contributed by atoms with E-state index in [0.717, 1.165) is 5.03 Å². The number of carbonyl (C=O) groups excluding carboxylic acids is 1. The van der Waals surface area contributed by atoms with Crippen molar-refractivity contribution >= 4 is 28.4 Å². The fourth-order valence-electron chi connectivity index (χ4n) is 5.51. The summed E-state index contributed by atoms with van der Waals surface area (Å²) in [4.78, 5) is 15.0. The number of hydrogen-bond donors (Lipinski definition) is 0. The maximum absolute atomic E-state index is 13.0. The number of thioether (sulfide) groups is 1. The molecule has 0 unspecified atom stereocenters. The van der Waals surface area contributed by atoms with Gasteiger partial charge in [-0.2, -0.15) is 0 Å². The first kappa shape index (κ1) is 20.4. The Labute approximate surface area is 189 Å². The molecule has 1 saturated carbocycles. The monoisotopic (exact) mass is 427 g/mol. The number of carbonyl (C=O) groups is 1. The molecule has 3 aromatic carbocycles. The van der Waals surface area contributed by atoms with Gasteiger partial charge in [0.15, 0.2) is 0 Å². The molecule has 2 nitrogen and oxygen atoms in total. The van der Waals surface area contributed by atoms with Gasteiger partial charge in [0, 0.05) is 18.1 Å². The van der Waals surface area contributed by atoms with Gasteiger partial charge in [-0.1, -0.05) is 79.2 Å². The van der Waals surface area contributed by atoms with Crippen LogP contribution in [0.15, 0.2) is 83.9 Å². The van der Waals surface area contributed by atoms with Gasteiger partial charge in [0.2, 0.25) is 5.91 Å². The fourth-order valence-corrected chi connectivity index (χ4v) is 7.21. The van der Waals surface area contributed by atoms with Crippen molar-refractivity contribution in [1.29, 1.82) is 0 Å². The van der Waals surface area contributed by atoms with Gasteiger partial charge in [-0.15, -0.1) is 11.8 Å². The standard InChI is InChI=1S/C28H29NOS/c1-19(23-15-8-13-21-12-6-7-14-24(21)23)29(20(2)30)28-18-26(22-10-4-3-5-11-22)25-16-9-17-27(25)31-28/h3-8,10-15,18-19,25-27H,9,16-17H2,1-2H3/t19-,25+,26+,27+/m0/s1. The quantitative estimate of drug-likeness (QED) is 0.436. The topological polar surface area (TPSA) is 20.3 Å². The van der Waals surface area contributed by atoms with Crippen LogP contribution in [0.1, 0.15) is 56.2 Å². The molecule has 1 heterocycles. The van der Waals surface area contributed by atoms with Crippen molar-refractivity contribution in [2.45, 2.75) is 50.3 Å². The third-order valence-electron chi connectivity index (χ3n) is 6.98. The summed E-state index contributed by atoms with van der Waals surface area (Å²) in [7, 11) is 0. The van der Waals surface area contributed by atoms with Crippen molar-refractivity contribution in [1.82, 2.24) is 4.90 Å². The predicted molar refractivity (Wildman–Crippen MR) is 131 cm³/mol. The second-order valence-electron chi connectivity index (χ2n) is 8.83. The first-order valence-corrected chi connectivity index (χ1v) is 12.2. The summed E-state index contributed by atoms with van der Waals surface area (Å²) in [6.45, 7) is 3.88. The van der Waals surface area contributed by atoms with E-state index >= 15 is 0 Å². The van der Waals surface area contributed by atoms with E-state index in [0.29, 0.717) is 17.1 Å². The molecular formula is C28H29NOS. The van der Waals surface area contributed by atoms with Crippen molar-refractivity contribution in [3.8, 4) is 0 Å². The van der Waals surface area contributed by atoms with E-state index in [2.05, 4.69) is 85.8 Å². The molecule has 0 radical (unpaired) electrons. The minimum absolute atomic E-state index is 0.0169. The van der Waals surface area contributed by atoms with Crippen molar-refractivity contribution < 1.29 is 4.79 Å². The summed E-state index contributed by atoms with van der Waals surface area (Å²) < 4.78 is 0. The van der Waals surface area contributed by atoms with Crippen LogP contribution in [0.3, 0.4) is 0 Å². The lowest BCUT2D eigenvalue weighted by Gasteiger charge is -2.39. The van der Waals surface area contributed by atoms with E-state index < -0.39 is 0 Å². The Hall–Kier alpha value is -2.52. The third kappa shape index (κ3) is 3.80. The van der Waals surface area contributed by atoms with Crippen molar-refractivity contribution in [2.24, 2.45) is 5.92 Å². The van der Waals surface area contributed by atoms with E-state index in [1.807, 2.05) is 16.7 Å². The second kappa shape index (κ2) is 8.55. The summed E-state index contributed by atoms with van der Waals surface area (Å²) in [6.07, 6.45) is 6.19. The van der Waals surface area contributed by atoms with Crippen LogP contribution < -0.4 is 0 Å². The maximum atomic E-state index is 13.0. The Morgan fingerprint density at radius 1 is 0.968 bits per heavy atom. The Bertz CT molecular complexity index is 1120. The summed E-state index contributed by atoms with van der Waals surface area (Å²) in [5, 5.41) is 4.17. The Kier molecular flexibility index (Phi) is 5.62. The normalized spacial score (nSPS) is 23.8. The second-order valence-corrected chi connectivity index (χ2v) is 10.1. The fraction of sp³-hybridized carbons (Fsp3) is 0.321. The molecule has 31 heavy (non-hydrogen) atoms. The minimum atomic E-state index is -0.0169. The van der Waals surface area contributed by atoms with Crippen LogP contribution in [-0.4, -0.2) is 16.1 Å². The Balaban J connectivity index is 1.57. The lowest BCUT2D eigenvalue weighted by atomic mass is 9.84. The van der Waals surface area contributed by atoms with E-state index in [4.69, 9.17) is 0 Å². The molecule has 2 aliphatic rings. The zero-order chi connectivity index (χ0) is 21.4. The molecule has 3 heteroatoms. The van der Waals surface area contributed by atoms with Crippen LogP contribution in [0.25, 0.3) is 10.8 Å². The number of allylic oxidation sites excluding steroid dienone is 1. The van der Waals surface area contributed by atoms with Crippen LogP contribution in [0.2, 0.25) is 0 Å². The van der Waals surface area contributed by atoms with Crippen molar-refractivity contribution in [2.75, 3.05) is 0 Å². The van der Waals surface area contributed by atoms with E-state index in [9.17, 15) is 4.79 Å². The SMILES string of the molecule is CC(=O)N(C1=C[C@H](c2ccccc2)[C@H]2CCC[C@H]2S1)[C@@H](C)c1cccc2ccccc12. The highest BCUT2D eigenvalue weighted by molar-refractivity contribution is 8.03. The van der Waals surface area contributed by atoms with E-state index in [-0.39, 0.29) is 11.9 Å².